The van der Waals surface area contributed by atoms with Crippen LogP contribution in [-0.2, 0) is 0 Å². The van der Waals surface area contributed by atoms with Crippen molar-refractivity contribution in [2.24, 2.45) is 5.92 Å². The van der Waals surface area contributed by atoms with E-state index in [0.717, 1.165) is 19.3 Å². The molecule has 1 aromatic carbocycles. The zero-order chi connectivity index (χ0) is 12.3. The lowest BCUT2D eigenvalue weighted by atomic mass is 10.1. The van der Waals surface area contributed by atoms with Crippen molar-refractivity contribution >= 4 is 5.69 Å². The molecule has 2 atom stereocenters. The van der Waals surface area contributed by atoms with Crippen LogP contribution in [0.2, 0.25) is 0 Å². The van der Waals surface area contributed by atoms with Gasteiger partial charge in [-0.3, -0.25) is 0 Å². The molecule has 0 saturated heterocycles. The minimum Gasteiger partial charge on any atom is -0.393 e. The lowest BCUT2D eigenvalue weighted by Crippen LogP contribution is -2.12. The van der Waals surface area contributed by atoms with Crippen LogP contribution in [0.25, 0.3) is 0 Å². The minimum atomic E-state index is -0.405. The molecule has 4 heteroatoms. The Kier molecular flexibility index (Phi) is 3.60. The molecule has 0 bridgehead atoms. The third-order valence-corrected chi connectivity index (χ3v) is 3.14. The molecule has 90 valence electrons. The molecule has 2 unspecified atom stereocenters. The summed E-state index contributed by atoms with van der Waals surface area (Å²) in [6.45, 7) is 0.714. The monoisotopic (exact) mass is 234 g/mol. The van der Waals surface area contributed by atoms with Crippen LogP contribution in [0.1, 0.15) is 24.8 Å². The number of aliphatic hydroxyl groups is 1. The van der Waals surface area contributed by atoms with E-state index in [1.54, 1.807) is 6.07 Å². The van der Waals surface area contributed by atoms with E-state index in [1.165, 1.54) is 12.1 Å². The Balaban J connectivity index is 1.95. The van der Waals surface area contributed by atoms with Gasteiger partial charge >= 0.3 is 0 Å². The Morgan fingerprint density at radius 2 is 2.24 bits per heavy atom. The average Bonchev–Trinajstić information content (AvgIpc) is 2.72. The number of hydrogen-bond donors (Lipinski definition) is 2. The lowest BCUT2D eigenvalue weighted by Gasteiger charge is -2.12. The Morgan fingerprint density at radius 3 is 2.88 bits per heavy atom. The second-order valence-corrected chi connectivity index (χ2v) is 4.55. The van der Waals surface area contributed by atoms with Gasteiger partial charge in [-0.05, 0) is 43.4 Å². The molecule has 1 fully saturated rings. The molecule has 3 nitrogen and oxygen atoms in total. The highest BCUT2D eigenvalue weighted by atomic mass is 19.1. The van der Waals surface area contributed by atoms with E-state index in [9.17, 15) is 9.50 Å². The molecule has 2 N–H and O–H groups in total. The van der Waals surface area contributed by atoms with Gasteiger partial charge in [0.05, 0.1) is 17.7 Å². The molecular weight excluding hydrogens is 219 g/mol. The van der Waals surface area contributed by atoms with Crippen molar-refractivity contribution in [3.8, 4) is 6.07 Å². The molecule has 0 heterocycles. The smallest absolute Gasteiger partial charge is 0.126 e. The van der Waals surface area contributed by atoms with Crippen molar-refractivity contribution in [2.75, 3.05) is 11.9 Å². The SMILES string of the molecule is N#Cc1cc(F)cc(NCC2CCC(O)C2)c1. The first-order chi connectivity index (χ1) is 8.17. The quantitative estimate of drug-likeness (QED) is 0.843. The number of hydrogen-bond acceptors (Lipinski definition) is 3. The van der Waals surface area contributed by atoms with Crippen molar-refractivity contribution in [1.29, 1.82) is 5.26 Å². The Morgan fingerprint density at radius 1 is 1.41 bits per heavy atom. The largest absolute Gasteiger partial charge is 0.393 e. The highest BCUT2D eigenvalue weighted by molar-refractivity contribution is 5.49. The van der Waals surface area contributed by atoms with Crippen molar-refractivity contribution in [3.05, 3.63) is 29.6 Å². The Hall–Kier alpha value is -1.60. The molecule has 0 aromatic heterocycles. The third-order valence-electron chi connectivity index (χ3n) is 3.14. The van der Waals surface area contributed by atoms with Gasteiger partial charge in [0.15, 0.2) is 0 Å². The van der Waals surface area contributed by atoms with Crippen LogP contribution in [0.4, 0.5) is 10.1 Å². The van der Waals surface area contributed by atoms with Gasteiger partial charge in [-0.25, -0.2) is 4.39 Å². The topological polar surface area (TPSA) is 56.0 Å². The first-order valence-electron chi connectivity index (χ1n) is 5.80. The van der Waals surface area contributed by atoms with Crippen molar-refractivity contribution in [2.45, 2.75) is 25.4 Å². The number of rotatable bonds is 3. The van der Waals surface area contributed by atoms with Gasteiger partial charge in [-0.2, -0.15) is 5.26 Å². The fraction of sp³-hybridized carbons (Fsp3) is 0.462. The fourth-order valence-corrected chi connectivity index (χ4v) is 2.25. The van der Waals surface area contributed by atoms with Gasteiger partial charge in [0.2, 0.25) is 0 Å². The Labute approximate surface area is 99.9 Å². The molecule has 0 amide bonds. The summed E-state index contributed by atoms with van der Waals surface area (Å²) in [5, 5.41) is 21.2. The predicted molar refractivity (Wildman–Crippen MR) is 63.0 cm³/mol. The van der Waals surface area contributed by atoms with Crippen LogP contribution in [0.3, 0.4) is 0 Å². The van der Waals surface area contributed by atoms with Gasteiger partial charge in [0.1, 0.15) is 5.82 Å². The summed E-state index contributed by atoms with van der Waals surface area (Å²) in [6, 6.07) is 6.15. The summed E-state index contributed by atoms with van der Waals surface area (Å²) in [4.78, 5) is 0. The van der Waals surface area contributed by atoms with Crippen LogP contribution in [0.15, 0.2) is 18.2 Å². The standard InChI is InChI=1S/C13H15FN2O/c14-11-3-10(7-15)4-12(6-11)16-8-9-1-2-13(17)5-9/h3-4,6,9,13,16-17H,1-2,5,8H2. The van der Waals surface area contributed by atoms with Crippen molar-refractivity contribution in [1.82, 2.24) is 0 Å². The van der Waals surface area contributed by atoms with Gasteiger partial charge in [-0.1, -0.05) is 0 Å². The number of aliphatic hydroxyl groups excluding tert-OH is 1. The van der Waals surface area contributed by atoms with E-state index < -0.39 is 5.82 Å². The molecule has 17 heavy (non-hydrogen) atoms. The van der Waals surface area contributed by atoms with Gasteiger partial charge in [0, 0.05) is 12.2 Å². The number of anilines is 1. The van der Waals surface area contributed by atoms with E-state index >= 15 is 0 Å². The maximum atomic E-state index is 13.1. The van der Waals surface area contributed by atoms with E-state index in [0.29, 0.717) is 23.7 Å². The number of nitrogens with zero attached hydrogens (tertiary/aromatic N) is 1. The zero-order valence-corrected chi connectivity index (χ0v) is 9.49. The minimum absolute atomic E-state index is 0.191. The van der Waals surface area contributed by atoms with Crippen LogP contribution in [-0.4, -0.2) is 17.8 Å². The summed E-state index contributed by atoms with van der Waals surface area (Å²) >= 11 is 0. The maximum absolute atomic E-state index is 13.1. The third kappa shape index (κ3) is 3.18. The van der Waals surface area contributed by atoms with Crippen molar-refractivity contribution in [3.63, 3.8) is 0 Å². The second-order valence-electron chi connectivity index (χ2n) is 4.55. The molecule has 1 saturated carbocycles. The second kappa shape index (κ2) is 5.15. The van der Waals surface area contributed by atoms with E-state index in [2.05, 4.69) is 5.32 Å². The number of halogens is 1. The molecular formula is C13H15FN2O. The van der Waals surface area contributed by atoms with E-state index in [1.807, 2.05) is 6.07 Å². The summed E-state index contributed by atoms with van der Waals surface area (Å²) in [5.41, 5.74) is 0.946. The van der Waals surface area contributed by atoms with Crippen LogP contribution in [0.5, 0.6) is 0 Å². The Bertz CT molecular complexity index is 442. The molecule has 0 spiro atoms. The average molecular weight is 234 g/mol. The molecule has 1 aromatic rings. The summed E-state index contributed by atoms with van der Waals surface area (Å²) in [7, 11) is 0. The fourth-order valence-electron chi connectivity index (χ4n) is 2.25. The number of nitrogens with one attached hydrogen (secondary N) is 1. The van der Waals surface area contributed by atoms with Crippen LogP contribution < -0.4 is 5.32 Å². The molecule has 2 rings (SSSR count). The summed E-state index contributed by atoms with van der Waals surface area (Å²) in [6.07, 6.45) is 2.45. The van der Waals surface area contributed by atoms with Gasteiger partial charge < -0.3 is 10.4 Å². The van der Waals surface area contributed by atoms with E-state index in [-0.39, 0.29) is 6.10 Å². The van der Waals surface area contributed by atoms with Crippen LogP contribution >= 0.6 is 0 Å². The van der Waals surface area contributed by atoms with E-state index in [4.69, 9.17) is 5.26 Å². The van der Waals surface area contributed by atoms with Gasteiger partial charge in [-0.15, -0.1) is 0 Å². The highest BCUT2D eigenvalue weighted by Gasteiger charge is 2.22. The summed E-state index contributed by atoms with van der Waals surface area (Å²) < 4.78 is 13.1. The molecule has 0 radical (unpaired) electrons. The highest BCUT2D eigenvalue weighted by Crippen LogP contribution is 2.25. The maximum Gasteiger partial charge on any atom is 0.126 e. The van der Waals surface area contributed by atoms with Crippen LogP contribution in [0, 0.1) is 23.1 Å². The predicted octanol–water partition coefficient (Wildman–Crippen LogP) is 2.27. The molecule has 1 aliphatic rings. The first-order valence-corrected chi connectivity index (χ1v) is 5.80. The molecule has 0 aliphatic heterocycles. The lowest BCUT2D eigenvalue weighted by molar-refractivity contribution is 0.178. The zero-order valence-electron chi connectivity index (χ0n) is 9.49. The normalized spacial score (nSPS) is 23.4. The van der Waals surface area contributed by atoms with Gasteiger partial charge in [0.25, 0.3) is 0 Å². The summed E-state index contributed by atoms with van der Waals surface area (Å²) in [5.74, 6) is 0.0248. The first kappa shape index (κ1) is 11.9. The molecule has 1 aliphatic carbocycles. The van der Waals surface area contributed by atoms with Crippen molar-refractivity contribution < 1.29 is 9.50 Å². The number of nitriles is 1. The number of benzene rings is 1.